The van der Waals surface area contributed by atoms with Crippen molar-refractivity contribution in [1.29, 1.82) is 0 Å². The number of sulfonamides is 1. The van der Waals surface area contributed by atoms with Gasteiger partial charge in [-0.15, -0.1) is 0 Å². The molecule has 3 N–H and O–H groups in total. The van der Waals surface area contributed by atoms with Gasteiger partial charge in [0.1, 0.15) is 5.82 Å². The lowest BCUT2D eigenvalue weighted by Gasteiger charge is -2.24. The third-order valence-electron chi connectivity index (χ3n) is 3.44. The van der Waals surface area contributed by atoms with E-state index in [1.54, 1.807) is 6.92 Å². The number of nitrogens with one attached hydrogen (secondary N) is 3. The molecule has 1 aliphatic heterocycles. The Balaban J connectivity index is 2.10. The quantitative estimate of drug-likeness (QED) is 0.717. The van der Waals surface area contributed by atoms with Crippen LogP contribution in [0.4, 0.5) is 20.6 Å². The van der Waals surface area contributed by atoms with Crippen LogP contribution in [-0.4, -0.2) is 46.2 Å². The van der Waals surface area contributed by atoms with E-state index in [1.165, 1.54) is 6.07 Å². The minimum atomic E-state index is -3.54. The summed E-state index contributed by atoms with van der Waals surface area (Å²) < 4.78 is 61.4. The molecule has 1 atom stereocenters. The van der Waals surface area contributed by atoms with Crippen molar-refractivity contribution in [2.24, 2.45) is 0 Å². The summed E-state index contributed by atoms with van der Waals surface area (Å²) in [7, 11) is -6.75. The highest BCUT2D eigenvalue weighted by molar-refractivity contribution is 7.92. The molecule has 1 aromatic rings. The predicted octanol–water partition coefficient (Wildman–Crippen LogP) is 0.896. The third-order valence-corrected chi connectivity index (χ3v) is 5.95. The third kappa shape index (κ3) is 5.06. The molecule has 0 saturated carbocycles. The number of amides is 2. The largest absolute Gasteiger partial charge is 0.332 e. The Kier molecular flexibility index (Phi) is 4.77. The fraction of sp³-hybridized carbons (Fsp3) is 0.462. The van der Waals surface area contributed by atoms with E-state index in [0.29, 0.717) is 0 Å². The molecule has 0 unspecified atom stereocenters. The van der Waals surface area contributed by atoms with Crippen LogP contribution in [-0.2, 0) is 19.9 Å². The maximum absolute atomic E-state index is 13.8. The van der Waals surface area contributed by atoms with E-state index in [1.807, 2.05) is 0 Å². The van der Waals surface area contributed by atoms with Gasteiger partial charge in [-0.1, -0.05) is 0 Å². The number of hydrogen-bond acceptors (Lipinski definition) is 5. The molecule has 11 heteroatoms. The Morgan fingerprint density at radius 1 is 1.33 bits per heavy atom. The second-order valence-corrected chi connectivity index (χ2v) is 9.98. The number of rotatable bonds is 4. The molecule has 0 aromatic heterocycles. The molecule has 0 radical (unpaired) electrons. The van der Waals surface area contributed by atoms with Crippen LogP contribution >= 0.6 is 0 Å². The van der Waals surface area contributed by atoms with Crippen LogP contribution < -0.4 is 15.4 Å². The maximum Gasteiger partial charge on any atom is 0.319 e. The van der Waals surface area contributed by atoms with Crippen molar-refractivity contribution in [3.63, 3.8) is 0 Å². The van der Waals surface area contributed by atoms with Gasteiger partial charge >= 0.3 is 6.03 Å². The molecule has 0 aliphatic carbocycles. The first-order valence-electron chi connectivity index (χ1n) is 6.94. The topological polar surface area (TPSA) is 121 Å². The average molecular weight is 379 g/mol. The SMILES string of the molecule is C[C@]1(NC(=O)Nc2cc(NS(C)(=O)=O)ccc2F)CCS(=O)(=O)C1. The number of hydrogen-bond donors (Lipinski definition) is 3. The highest BCUT2D eigenvalue weighted by atomic mass is 32.2. The lowest BCUT2D eigenvalue weighted by atomic mass is 10.0. The molecule has 134 valence electrons. The number of sulfone groups is 1. The summed E-state index contributed by atoms with van der Waals surface area (Å²) in [6, 6.07) is 2.57. The molecular weight excluding hydrogens is 361 g/mol. The van der Waals surface area contributed by atoms with Crippen LogP contribution in [0.5, 0.6) is 0 Å². The van der Waals surface area contributed by atoms with Crippen LogP contribution in [0.25, 0.3) is 0 Å². The number of halogens is 1. The van der Waals surface area contributed by atoms with Crippen molar-refractivity contribution in [2.45, 2.75) is 18.9 Å². The maximum atomic E-state index is 13.8. The zero-order valence-corrected chi connectivity index (χ0v) is 14.7. The molecule has 2 rings (SSSR count). The van der Waals surface area contributed by atoms with E-state index in [0.717, 1.165) is 18.4 Å². The van der Waals surface area contributed by atoms with Crippen LogP contribution in [0.3, 0.4) is 0 Å². The van der Waals surface area contributed by atoms with Gasteiger partial charge in [-0.3, -0.25) is 4.72 Å². The molecule has 1 fully saturated rings. The summed E-state index contributed by atoms with van der Waals surface area (Å²) in [6.45, 7) is 1.59. The molecule has 1 heterocycles. The summed E-state index contributed by atoms with van der Waals surface area (Å²) in [5.41, 5.74) is -1.07. The number of benzene rings is 1. The normalized spacial score (nSPS) is 22.8. The van der Waals surface area contributed by atoms with Gasteiger partial charge in [-0.2, -0.15) is 0 Å². The fourth-order valence-electron chi connectivity index (χ4n) is 2.44. The smallest absolute Gasteiger partial charge is 0.319 e. The molecule has 1 aromatic carbocycles. The molecule has 24 heavy (non-hydrogen) atoms. The number of anilines is 2. The Morgan fingerprint density at radius 2 is 2.00 bits per heavy atom. The molecule has 1 saturated heterocycles. The van der Waals surface area contributed by atoms with Crippen LogP contribution in [0.15, 0.2) is 18.2 Å². The summed E-state index contributed by atoms with van der Waals surface area (Å²) in [6.07, 6.45) is 1.21. The zero-order chi connectivity index (χ0) is 18.2. The van der Waals surface area contributed by atoms with E-state index in [9.17, 15) is 26.0 Å². The van der Waals surface area contributed by atoms with Gasteiger partial charge in [0.2, 0.25) is 10.0 Å². The number of carbonyl (C=O) groups is 1. The van der Waals surface area contributed by atoms with Crippen molar-refractivity contribution in [3.05, 3.63) is 24.0 Å². The number of carbonyl (C=O) groups excluding carboxylic acids is 1. The Labute approximate surface area is 139 Å². The van der Waals surface area contributed by atoms with Gasteiger partial charge in [0.05, 0.1) is 34.7 Å². The standard InChI is InChI=1S/C13H18FN3O5S2/c1-13(5-6-24(21,22)8-13)16-12(18)15-11-7-9(3-4-10(11)14)17-23(2,19)20/h3-4,7,17H,5-6,8H2,1-2H3,(H2,15,16,18)/t13-/m0/s1. The first-order chi connectivity index (χ1) is 10.9. The summed E-state index contributed by atoms with van der Waals surface area (Å²) in [5.74, 6) is -0.967. The van der Waals surface area contributed by atoms with Crippen molar-refractivity contribution in [2.75, 3.05) is 27.8 Å². The van der Waals surface area contributed by atoms with Gasteiger partial charge in [0, 0.05) is 0 Å². The first-order valence-corrected chi connectivity index (χ1v) is 10.7. The van der Waals surface area contributed by atoms with Gasteiger partial charge in [0.15, 0.2) is 9.84 Å². The highest BCUT2D eigenvalue weighted by Crippen LogP contribution is 2.24. The molecule has 8 nitrogen and oxygen atoms in total. The average Bonchev–Trinajstić information content (AvgIpc) is 2.65. The summed E-state index contributed by atoms with van der Waals surface area (Å²) >= 11 is 0. The van der Waals surface area contributed by atoms with Crippen LogP contribution in [0.1, 0.15) is 13.3 Å². The summed E-state index contributed by atoms with van der Waals surface area (Å²) in [5, 5.41) is 4.78. The second kappa shape index (κ2) is 6.20. The first kappa shape index (κ1) is 18.5. The van der Waals surface area contributed by atoms with Crippen LogP contribution in [0, 0.1) is 5.82 Å². The van der Waals surface area contributed by atoms with Gasteiger partial charge in [-0.05, 0) is 31.5 Å². The molecule has 2 amide bonds. The summed E-state index contributed by atoms with van der Waals surface area (Å²) in [4.78, 5) is 12.0. The molecule has 0 bridgehead atoms. The lowest BCUT2D eigenvalue weighted by molar-refractivity contribution is 0.242. The Bertz CT molecular complexity index is 870. The zero-order valence-electron chi connectivity index (χ0n) is 13.1. The van der Waals surface area contributed by atoms with Gasteiger partial charge in [0.25, 0.3) is 0 Å². The van der Waals surface area contributed by atoms with E-state index in [4.69, 9.17) is 0 Å². The monoisotopic (exact) mass is 379 g/mol. The van der Waals surface area contributed by atoms with Crippen molar-refractivity contribution in [1.82, 2.24) is 5.32 Å². The second-order valence-electron chi connectivity index (χ2n) is 6.05. The van der Waals surface area contributed by atoms with E-state index in [2.05, 4.69) is 15.4 Å². The van der Waals surface area contributed by atoms with E-state index < -0.39 is 37.2 Å². The van der Waals surface area contributed by atoms with Crippen molar-refractivity contribution < 1.29 is 26.0 Å². The molecule has 1 aliphatic rings. The number of urea groups is 1. The van der Waals surface area contributed by atoms with E-state index >= 15 is 0 Å². The Hall–Kier alpha value is -1.88. The highest BCUT2D eigenvalue weighted by Gasteiger charge is 2.39. The van der Waals surface area contributed by atoms with Gasteiger partial charge < -0.3 is 10.6 Å². The Morgan fingerprint density at radius 3 is 2.54 bits per heavy atom. The van der Waals surface area contributed by atoms with E-state index in [-0.39, 0.29) is 29.3 Å². The fourth-order valence-corrected chi connectivity index (χ4v) is 5.08. The molecule has 0 spiro atoms. The van der Waals surface area contributed by atoms with Crippen molar-refractivity contribution >= 4 is 37.3 Å². The predicted molar refractivity (Wildman–Crippen MR) is 88.7 cm³/mol. The minimum Gasteiger partial charge on any atom is -0.332 e. The van der Waals surface area contributed by atoms with Gasteiger partial charge in [-0.25, -0.2) is 26.0 Å². The molecular formula is C13H18FN3O5S2. The minimum absolute atomic E-state index is 0.0219. The van der Waals surface area contributed by atoms with Crippen molar-refractivity contribution in [3.8, 4) is 0 Å². The van der Waals surface area contributed by atoms with Crippen LogP contribution in [0.2, 0.25) is 0 Å². The lowest BCUT2D eigenvalue weighted by Crippen LogP contribution is -2.48.